The molecule has 3 rings (SSSR count). The van der Waals surface area contributed by atoms with Gasteiger partial charge in [0.1, 0.15) is 17.5 Å². The Balaban J connectivity index is 1.80. The van der Waals surface area contributed by atoms with Crippen molar-refractivity contribution in [3.8, 4) is 0 Å². The molecule has 3 aromatic rings. The molecule has 140 valence electrons. The van der Waals surface area contributed by atoms with Crippen LogP contribution in [0.1, 0.15) is 29.9 Å². The number of halogens is 3. The van der Waals surface area contributed by atoms with E-state index in [-0.39, 0.29) is 6.04 Å². The summed E-state index contributed by atoms with van der Waals surface area (Å²) in [4.78, 5) is 8.61. The van der Waals surface area contributed by atoms with Crippen LogP contribution in [0.4, 0.5) is 30.5 Å². The van der Waals surface area contributed by atoms with Crippen LogP contribution in [0, 0.1) is 6.92 Å². The minimum Gasteiger partial charge on any atom is -0.363 e. The summed E-state index contributed by atoms with van der Waals surface area (Å²) < 4.78 is 38.6. The number of nitrogens with one attached hydrogen (secondary N) is 2. The van der Waals surface area contributed by atoms with E-state index in [9.17, 15) is 13.2 Å². The second-order valence-electron chi connectivity index (χ2n) is 6.17. The normalized spacial score (nSPS) is 12.5. The number of hydrogen-bond acceptors (Lipinski definition) is 4. The summed E-state index contributed by atoms with van der Waals surface area (Å²) >= 11 is 0. The molecule has 0 fully saturated rings. The van der Waals surface area contributed by atoms with Crippen molar-refractivity contribution >= 4 is 17.3 Å². The fourth-order valence-corrected chi connectivity index (χ4v) is 2.67. The molecule has 27 heavy (non-hydrogen) atoms. The summed E-state index contributed by atoms with van der Waals surface area (Å²) in [7, 11) is 0. The molecule has 2 N–H and O–H groups in total. The first kappa shape index (κ1) is 18.7. The van der Waals surface area contributed by atoms with Gasteiger partial charge in [-0.05, 0) is 37.6 Å². The van der Waals surface area contributed by atoms with Crippen LogP contribution < -0.4 is 10.6 Å². The van der Waals surface area contributed by atoms with Gasteiger partial charge in [-0.15, -0.1) is 0 Å². The fourth-order valence-electron chi connectivity index (χ4n) is 2.67. The summed E-state index contributed by atoms with van der Waals surface area (Å²) in [5, 5.41) is 6.21. The highest BCUT2D eigenvalue weighted by Crippen LogP contribution is 2.31. The lowest BCUT2D eigenvalue weighted by Gasteiger charge is -2.16. The zero-order valence-electron chi connectivity index (χ0n) is 14.9. The summed E-state index contributed by atoms with van der Waals surface area (Å²) in [5.74, 6) is 1.52. The number of anilines is 3. The standard InChI is InChI=1S/C20H19F3N4/c1-13(15-7-4-3-5-8-15)24-18-12-19(26-14(2)25-18)27-17-10-6-9-16(11-17)20(21,22)23/h3-13H,1-2H3,(H2,24,25,26,27). The van der Waals surface area contributed by atoms with Crippen molar-refractivity contribution in [2.24, 2.45) is 0 Å². The largest absolute Gasteiger partial charge is 0.416 e. The molecule has 7 heteroatoms. The molecule has 1 atom stereocenters. The Labute approximate surface area is 155 Å². The Morgan fingerprint density at radius 2 is 1.59 bits per heavy atom. The highest BCUT2D eigenvalue weighted by Gasteiger charge is 2.30. The average Bonchev–Trinajstić information content (AvgIpc) is 2.61. The van der Waals surface area contributed by atoms with Crippen LogP contribution in [0.2, 0.25) is 0 Å². The first-order valence-corrected chi connectivity index (χ1v) is 8.43. The summed E-state index contributed by atoms with van der Waals surface area (Å²) in [6.45, 7) is 3.74. The number of hydrogen-bond donors (Lipinski definition) is 2. The van der Waals surface area contributed by atoms with E-state index in [1.807, 2.05) is 37.3 Å². The highest BCUT2D eigenvalue weighted by atomic mass is 19.4. The number of aromatic nitrogens is 2. The molecule has 0 aliphatic rings. The number of rotatable bonds is 5. The van der Waals surface area contributed by atoms with Crippen LogP contribution in [0.25, 0.3) is 0 Å². The fraction of sp³-hybridized carbons (Fsp3) is 0.200. The van der Waals surface area contributed by atoms with Gasteiger partial charge >= 0.3 is 6.18 Å². The van der Waals surface area contributed by atoms with E-state index in [1.54, 1.807) is 19.1 Å². The smallest absolute Gasteiger partial charge is 0.363 e. The lowest BCUT2D eigenvalue weighted by atomic mass is 10.1. The van der Waals surface area contributed by atoms with Crippen molar-refractivity contribution in [1.82, 2.24) is 9.97 Å². The van der Waals surface area contributed by atoms with Gasteiger partial charge in [-0.3, -0.25) is 0 Å². The maximum atomic E-state index is 12.9. The molecule has 0 radical (unpaired) electrons. The molecule has 4 nitrogen and oxygen atoms in total. The van der Waals surface area contributed by atoms with Gasteiger partial charge in [-0.1, -0.05) is 36.4 Å². The quantitative estimate of drug-likeness (QED) is 0.601. The Kier molecular flexibility index (Phi) is 5.30. The third kappa shape index (κ3) is 4.97. The number of benzene rings is 2. The van der Waals surface area contributed by atoms with E-state index in [0.717, 1.165) is 17.7 Å². The molecule has 0 aliphatic heterocycles. The molecule has 0 saturated carbocycles. The molecule has 1 unspecified atom stereocenters. The van der Waals surface area contributed by atoms with Crippen molar-refractivity contribution in [1.29, 1.82) is 0 Å². The van der Waals surface area contributed by atoms with E-state index >= 15 is 0 Å². The van der Waals surface area contributed by atoms with Crippen LogP contribution >= 0.6 is 0 Å². The van der Waals surface area contributed by atoms with Crippen molar-refractivity contribution in [2.75, 3.05) is 10.6 Å². The first-order valence-electron chi connectivity index (χ1n) is 8.43. The number of aryl methyl sites for hydroxylation is 1. The minimum atomic E-state index is -4.39. The number of alkyl halides is 3. The Bertz CT molecular complexity index is 911. The molecule has 0 saturated heterocycles. The van der Waals surface area contributed by atoms with Crippen LogP contribution in [0.5, 0.6) is 0 Å². The Hall–Kier alpha value is -3.09. The minimum absolute atomic E-state index is 0.0157. The molecule has 0 amide bonds. The van der Waals surface area contributed by atoms with Crippen molar-refractivity contribution < 1.29 is 13.2 Å². The second-order valence-corrected chi connectivity index (χ2v) is 6.17. The number of nitrogens with zero attached hydrogens (tertiary/aromatic N) is 2. The Morgan fingerprint density at radius 1 is 0.889 bits per heavy atom. The van der Waals surface area contributed by atoms with E-state index < -0.39 is 11.7 Å². The van der Waals surface area contributed by atoms with Crippen molar-refractivity contribution in [3.63, 3.8) is 0 Å². The summed E-state index contributed by atoms with van der Waals surface area (Å²) in [5.41, 5.74) is 0.695. The molecular formula is C20H19F3N4. The predicted molar refractivity (Wildman–Crippen MR) is 100.0 cm³/mol. The third-order valence-electron chi connectivity index (χ3n) is 3.96. The summed E-state index contributed by atoms with van der Waals surface area (Å²) in [6.07, 6.45) is -4.39. The second kappa shape index (κ2) is 7.65. The van der Waals surface area contributed by atoms with Gasteiger partial charge in [0.2, 0.25) is 0 Å². The molecule has 0 aliphatic carbocycles. The van der Waals surface area contributed by atoms with Gasteiger partial charge < -0.3 is 10.6 Å². The highest BCUT2D eigenvalue weighted by molar-refractivity contribution is 5.60. The maximum absolute atomic E-state index is 12.9. The Morgan fingerprint density at radius 3 is 2.30 bits per heavy atom. The maximum Gasteiger partial charge on any atom is 0.416 e. The topological polar surface area (TPSA) is 49.8 Å². The zero-order valence-corrected chi connectivity index (χ0v) is 14.9. The molecule has 2 aromatic carbocycles. The van der Waals surface area contributed by atoms with Crippen LogP contribution in [-0.4, -0.2) is 9.97 Å². The van der Waals surface area contributed by atoms with E-state index in [4.69, 9.17) is 0 Å². The van der Waals surface area contributed by atoms with Gasteiger partial charge in [0.15, 0.2) is 0 Å². The predicted octanol–water partition coefficient (Wildman–Crippen LogP) is 5.72. The van der Waals surface area contributed by atoms with Gasteiger partial charge in [-0.2, -0.15) is 13.2 Å². The molecule has 1 heterocycles. The van der Waals surface area contributed by atoms with Gasteiger partial charge in [0.25, 0.3) is 0 Å². The molecular weight excluding hydrogens is 353 g/mol. The van der Waals surface area contributed by atoms with Crippen molar-refractivity contribution in [2.45, 2.75) is 26.1 Å². The molecule has 1 aromatic heterocycles. The van der Waals surface area contributed by atoms with E-state index in [2.05, 4.69) is 20.6 Å². The van der Waals surface area contributed by atoms with Crippen LogP contribution in [0.15, 0.2) is 60.7 Å². The monoisotopic (exact) mass is 372 g/mol. The van der Waals surface area contributed by atoms with Gasteiger partial charge in [0.05, 0.1) is 5.56 Å². The first-order chi connectivity index (χ1) is 12.8. The average molecular weight is 372 g/mol. The van der Waals surface area contributed by atoms with E-state index in [1.165, 1.54) is 6.07 Å². The summed E-state index contributed by atoms with van der Waals surface area (Å²) in [6, 6.07) is 16.6. The molecule has 0 spiro atoms. The molecule has 0 bridgehead atoms. The van der Waals surface area contributed by atoms with Gasteiger partial charge in [0, 0.05) is 17.8 Å². The third-order valence-corrected chi connectivity index (χ3v) is 3.96. The van der Waals surface area contributed by atoms with Gasteiger partial charge in [-0.25, -0.2) is 9.97 Å². The van der Waals surface area contributed by atoms with Crippen molar-refractivity contribution in [3.05, 3.63) is 77.6 Å². The SMILES string of the molecule is Cc1nc(Nc2cccc(C(F)(F)F)c2)cc(NC(C)c2ccccc2)n1. The van der Waals surface area contributed by atoms with Crippen LogP contribution in [-0.2, 0) is 6.18 Å². The zero-order chi connectivity index (χ0) is 19.4. The van der Waals surface area contributed by atoms with Crippen LogP contribution in [0.3, 0.4) is 0 Å². The van der Waals surface area contributed by atoms with E-state index in [0.29, 0.717) is 23.1 Å². The lowest BCUT2D eigenvalue weighted by molar-refractivity contribution is -0.137. The lowest BCUT2D eigenvalue weighted by Crippen LogP contribution is -2.10.